The van der Waals surface area contributed by atoms with Crippen molar-refractivity contribution in [1.82, 2.24) is 10.3 Å². The maximum atomic E-state index is 13.1. The second kappa shape index (κ2) is 6.02. The summed E-state index contributed by atoms with van der Waals surface area (Å²) < 4.78 is 13.1. The van der Waals surface area contributed by atoms with E-state index in [0.29, 0.717) is 0 Å². The second-order valence-corrected chi connectivity index (χ2v) is 4.97. The van der Waals surface area contributed by atoms with Crippen LogP contribution < -0.4 is 5.32 Å². The molecule has 3 rings (SSSR count). The number of fused-ring (bicyclic) bond motifs is 1. The monoisotopic (exact) mass is 280 g/mol. The molecule has 0 fully saturated rings. The first kappa shape index (κ1) is 13.7. The lowest BCUT2D eigenvalue weighted by atomic mass is 10.0. The van der Waals surface area contributed by atoms with Crippen molar-refractivity contribution in [2.75, 3.05) is 6.54 Å². The SMILES string of the molecule is CCNC(c1ccc(F)cc1)c1ccc2ccccc2n1. The van der Waals surface area contributed by atoms with Crippen LogP contribution in [0.1, 0.15) is 24.2 Å². The lowest BCUT2D eigenvalue weighted by molar-refractivity contribution is 0.606. The van der Waals surface area contributed by atoms with Crippen LogP contribution in [0.25, 0.3) is 10.9 Å². The highest BCUT2D eigenvalue weighted by atomic mass is 19.1. The van der Waals surface area contributed by atoms with Crippen molar-refractivity contribution in [2.45, 2.75) is 13.0 Å². The highest BCUT2D eigenvalue weighted by Gasteiger charge is 2.14. The summed E-state index contributed by atoms with van der Waals surface area (Å²) in [5, 5.41) is 4.54. The third-order valence-electron chi connectivity index (χ3n) is 3.53. The molecule has 1 heterocycles. The van der Waals surface area contributed by atoms with Gasteiger partial charge in [0.25, 0.3) is 0 Å². The summed E-state index contributed by atoms with van der Waals surface area (Å²) in [7, 11) is 0. The van der Waals surface area contributed by atoms with Crippen molar-refractivity contribution in [2.24, 2.45) is 0 Å². The number of pyridine rings is 1. The molecule has 0 bridgehead atoms. The number of benzene rings is 2. The molecule has 1 unspecified atom stereocenters. The van der Waals surface area contributed by atoms with Crippen LogP contribution in [0.15, 0.2) is 60.7 Å². The number of hydrogen-bond donors (Lipinski definition) is 1. The molecule has 0 saturated heterocycles. The number of para-hydroxylation sites is 1. The molecule has 0 spiro atoms. The lowest BCUT2D eigenvalue weighted by Gasteiger charge is -2.18. The van der Waals surface area contributed by atoms with E-state index < -0.39 is 0 Å². The van der Waals surface area contributed by atoms with Crippen LogP contribution in [-0.2, 0) is 0 Å². The molecule has 0 radical (unpaired) electrons. The van der Waals surface area contributed by atoms with Crippen molar-refractivity contribution in [3.05, 3.63) is 77.7 Å². The molecule has 3 aromatic rings. The first-order valence-corrected chi connectivity index (χ1v) is 7.12. The number of nitrogens with one attached hydrogen (secondary N) is 1. The third kappa shape index (κ3) is 2.93. The molecule has 2 nitrogen and oxygen atoms in total. The molecule has 0 amide bonds. The van der Waals surface area contributed by atoms with Gasteiger partial charge in [-0.3, -0.25) is 4.98 Å². The van der Waals surface area contributed by atoms with E-state index in [0.717, 1.165) is 28.7 Å². The molecule has 1 N–H and O–H groups in total. The molecule has 2 aromatic carbocycles. The number of hydrogen-bond acceptors (Lipinski definition) is 2. The average molecular weight is 280 g/mol. The fraction of sp³-hybridized carbons (Fsp3) is 0.167. The summed E-state index contributed by atoms with van der Waals surface area (Å²) in [6.07, 6.45) is 0. The van der Waals surface area contributed by atoms with Gasteiger partial charge in [-0.1, -0.05) is 43.3 Å². The molecule has 3 heteroatoms. The summed E-state index contributed by atoms with van der Waals surface area (Å²) in [4.78, 5) is 4.74. The third-order valence-corrected chi connectivity index (χ3v) is 3.53. The number of aromatic nitrogens is 1. The van der Waals surface area contributed by atoms with E-state index in [1.54, 1.807) is 12.1 Å². The van der Waals surface area contributed by atoms with Gasteiger partial charge >= 0.3 is 0 Å². The molecule has 0 aliphatic heterocycles. The Hall–Kier alpha value is -2.26. The summed E-state index contributed by atoms with van der Waals surface area (Å²) >= 11 is 0. The zero-order chi connectivity index (χ0) is 14.7. The van der Waals surface area contributed by atoms with Gasteiger partial charge in [0.05, 0.1) is 17.3 Å². The minimum atomic E-state index is -0.222. The van der Waals surface area contributed by atoms with Crippen LogP contribution in [0.4, 0.5) is 4.39 Å². The molecule has 0 aliphatic rings. The largest absolute Gasteiger partial charge is 0.305 e. The first-order chi connectivity index (χ1) is 10.3. The van der Waals surface area contributed by atoms with E-state index in [4.69, 9.17) is 4.98 Å². The number of halogens is 1. The predicted octanol–water partition coefficient (Wildman–Crippen LogP) is 4.07. The Labute approximate surface area is 123 Å². The van der Waals surface area contributed by atoms with Gasteiger partial charge in [-0.05, 0) is 36.4 Å². The van der Waals surface area contributed by atoms with E-state index >= 15 is 0 Å². The van der Waals surface area contributed by atoms with Crippen molar-refractivity contribution >= 4 is 10.9 Å². The number of rotatable bonds is 4. The zero-order valence-electron chi connectivity index (χ0n) is 11.9. The summed E-state index contributed by atoms with van der Waals surface area (Å²) in [5.74, 6) is -0.222. The topological polar surface area (TPSA) is 24.9 Å². The second-order valence-electron chi connectivity index (χ2n) is 4.97. The van der Waals surface area contributed by atoms with Gasteiger partial charge in [-0.2, -0.15) is 0 Å². The fourth-order valence-corrected chi connectivity index (χ4v) is 2.50. The van der Waals surface area contributed by atoms with Crippen molar-refractivity contribution in [3.63, 3.8) is 0 Å². The van der Waals surface area contributed by atoms with E-state index in [2.05, 4.69) is 18.3 Å². The van der Waals surface area contributed by atoms with E-state index in [1.807, 2.05) is 30.3 Å². The number of nitrogens with zero attached hydrogens (tertiary/aromatic N) is 1. The Kier molecular flexibility index (Phi) is 3.93. The molecular weight excluding hydrogens is 263 g/mol. The van der Waals surface area contributed by atoms with Gasteiger partial charge < -0.3 is 5.32 Å². The Morgan fingerprint density at radius 3 is 2.52 bits per heavy atom. The fourth-order valence-electron chi connectivity index (χ4n) is 2.50. The van der Waals surface area contributed by atoms with Crippen LogP contribution in [0.5, 0.6) is 0 Å². The van der Waals surface area contributed by atoms with Gasteiger partial charge in [0.2, 0.25) is 0 Å². The smallest absolute Gasteiger partial charge is 0.123 e. The van der Waals surface area contributed by atoms with Crippen molar-refractivity contribution in [1.29, 1.82) is 0 Å². The summed E-state index contributed by atoms with van der Waals surface area (Å²) in [6, 6.07) is 18.7. The Bertz CT molecular complexity index is 738. The van der Waals surface area contributed by atoms with Gasteiger partial charge in [0.15, 0.2) is 0 Å². The summed E-state index contributed by atoms with van der Waals surface area (Å²) in [5.41, 5.74) is 2.93. The van der Waals surface area contributed by atoms with E-state index in [-0.39, 0.29) is 11.9 Å². The lowest BCUT2D eigenvalue weighted by Crippen LogP contribution is -2.23. The van der Waals surface area contributed by atoms with Crippen LogP contribution in [-0.4, -0.2) is 11.5 Å². The van der Waals surface area contributed by atoms with Crippen molar-refractivity contribution < 1.29 is 4.39 Å². The molecule has 0 aliphatic carbocycles. The molecule has 21 heavy (non-hydrogen) atoms. The highest BCUT2D eigenvalue weighted by molar-refractivity contribution is 5.78. The van der Waals surface area contributed by atoms with Gasteiger partial charge in [0.1, 0.15) is 5.82 Å². The molecule has 106 valence electrons. The molecular formula is C18H17FN2. The highest BCUT2D eigenvalue weighted by Crippen LogP contribution is 2.23. The maximum absolute atomic E-state index is 13.1. The normalized spacial score (nSPS) is 12.5. The van der Waals surface area contributed by atoms with Gasteiger partial charge in [-0.15, -0.1) is 0 Å². The van der Waals surface area contributed by atoms with E-state index in [9.17, 15) is 4.39 Å². The minimum absolute atomic E-state index is 0.0276. The van der Waals surface area contributed by atoms with Crippen LogP contribution >= 0.6 is 0 Å². The van der Waals surface area contributed by atoms with Crippen molar-refractivity contribution in [3.8, 4) is 0 Å². The Morgan fingerprint density at radius 2 is 1.76 bits per heavy atom. The minimum Gasteiger partial charge on any atom is -0.305 e. The van der Waals surface area contributed by atoms with Crippen LogP contribution in [0.2, 0.25) is 0 Å². The Balaban J connectivity index is 2.04. The average Bonchev–Trinajstić information content (AvgIpc) is 2.53. The van der Waals surface area contributed by atoms with Gasteiger partial charge in [-0.25, -0.2) is 4.39 Å². The zero-order valence-corrected chi connectivity index (χ0v) is 11.9. The summed E-state index contributed by atoms with van der Waals surface area (Å²) in [6.45, 7) is 2.87. The maximum Gasteiger partial charge on any atom is 0.123 e. The first-order valence-electron chi connectivity index (χ1n) is 7.12. The standard InChI is InChI=1S/C18H17FN2/c1-2-20-18(14-7-10-15(19)11-8-14)17-12-9-13-5-3-4-6-16(13)21-17/h3-12,18,20H,2H2,1H3. The molecule has 0 saturated carbocycles. The Morgan fingerprint density at radius 1 is 1.00 bits per heavy atom. The van der Waals surface area contributed by atoms with Crippen LogP contribution in [0, 0.1) is 5.82 Å². The van der Waals surface area contributed by atoms with Crippen LogP contribution in [0.3, 0.4) is 0 Å². The predicted molar refractivity (Wildman–Crippen MR) is 83.7 cm³/mol. The molecule has 1 atom stereocenters. The molecule has 1 aromatic heterocycles. The quantitative estimate of drug-likeness (QED) is 0.779. The van der Waals surface area contributed by atoms with Gasteiger partial charge in [0, 0.05) is 5.39 Å². The van der Waals surface area contributed by atoms with E-state index in [1.165, 1.54) is 12.1 Å².